The lowest BCUT2D eigenvalue weighted by molar-refractivity contribution is 0.313. The molecule has 0 saturated carbocycles. The largest absolute Gasteiger partial charge is 0.381 e. The Labute approximate surface area is 203 Å². The number of likely N-dealkylation sites (N-methyl/N-ethyl adjacent to an activating group) is 1. The summed E-state index contributed by atoms with van der Waals surface area (Å²) >= 11 is 0. The normalized spacial score (nSPS) is 20.1. The molecule has 1 atom stereocenters. The third-order valence-electron chi connectivity index (χ3n) is 7.27. The van der Waals surface area contributed by atoms with Gasteiger partial charge in [0.2, 0.25) is 0 Å². The fraction of sp³-hybridized carbons (Fsp3) is 0.214. The minimum absolute atomic E-state index is 0.259. The summed E-state index contributed by atoms with van der Waals surface area (Å²) in [4.78, 5) is 13.3. The van der Waals surface area contributed by atoms with Crippen LogP contribution in [0.5, 0.6) is 0 Å². The summed E-state index contributed by atoms with van der Waals surface area (Å²) in [6, 6.07) is 13.1. The first-order valence-electron chi connectivity index (χ1n) is 12.2. The number of hydrogen-bond donors (Lipinski definition) is 3. The molecule has 2 aromatic heterocycles. The average molecular weight is 462 g/mol. The minimum Gasteiger partial charge on any atom is -0.381 e. The van der Waals surface area contributed by atoms with Crippen molar-refractivity contribution >= 4 is 33.2 Å². The third kappa shape index (κ3) is 3.47. The van der Waals surface area contributed by atoms with Gasteiger partial charge in [-0.05, 0) is 66.4 Å². The maximum atomic E-state index is 5.02. The number of aromatic nitrogens is 4. The molecule has 0 amide bonds. The summed E-state index contributed by atoms with van der Waals surface area (Å²) < 4.78 is 0. The molecule has 1 unspecified atom stereocenters. The Morgan fingerprint density at radius 1 is 1.03 bits per heavy atom. The van der Waals surface area contributed by atoms with Crippen LogP contribution in [0.3, 0.4) is 0 Å². The van der Waals surface area contributed by atoms with Crippen molar-refractivity contribution in [2.45, 2.75) is 6.04 Å². The van der Waals surface area contributed by atoms with Crippen LogP contribution in [0.4, 0.5) is 5.69 Å². The maximum Gasteiger partial charge on any atom is 0.159 e. The zero-order chi connectivity index (χ0) is 23.4. The van der Waals surface area contributed by atoms with Crippen LogP contribution in [0, 0.1) is 0 Å². The second-order valence-corrected chi connectivity index (χ2v) is 9.51. The molecule has 3 N–H and O–H groups in total. The number of anilines is 1. The van der Waals surface area contributed by atoms with Crippen molar-refractivity contribution in [2.24, 2.45) is 0 Å². The van der Waals surface area contributed by atoms with Crippen molar-refractivity contribution in [3.8, 4) is 11.5 Å². The first kappa shape index (κ1) is 20.3. The smallest absolute Gasteiger partial charge is 0.159 e. The number of piperazine rings is 1. The van der Waals surface area contributed by atoms with E-state index in [1.165, 1.54) is 22.4 Å². The molecule has 3 aliphatic rings. The van der Waals surface area contributed by atoms with Crippen LogP contribution in [0.25, 0.3) is 39.0 Å². The summed E-state index contributed by atoms with van der Waals surface area (Å²) in [5.74, 6) is 0.797. The number of hydrogen-bond acceptors (Lipinski definition) is 5. The lowest BCUT2D eigenvalue weighted by Crippen LogP contribution is -2.44. The number of H-pyrrole nitrogens is 2. The molecule has 2 aliphatic heterocycles. The number of nitrogens with one attached hydrogen (secondary N) is 3. The minimum atomic E-state index is 0.259. The summed E-state index contributed by atoms with van der Waals surface area (Å²) in [5, 5.41) is 12.3. The molecule has 1 saturated heterocycles. The number of nitrogens with zero attached hydrogens (tertiary/aromatic N) is 4. The Bertz CT molecular complexity index is 1560. The van der Waals surface area contributed by atoms with E-state index in [0.29, 0.717) is 0 Å². The Hall–Kier alpha value is -4.10. The molecule has 0 spiro atoms. The van der Waals surface area contributed by atoms with Gasteiger partial charge in [-0.1, -0.05) is 30.4 Å². The van der Waals surface area contributed by atoms with Gasteiger partial charge in [0, 0.05) is 31.6 Å². The molecule has 2 aromatic carbocycles. The Morgan fingerprint density at radius 2 is 1.94 bits per heavy atom. The second kappa shape index (κ2) is 7.99. The SMILES string of the molecule is CN1CCN(c2cccc3[nH]c(-c4n[nH]c5cc(C6=CC7=CC=CNC7C=C6)ccc45)nc23)CC1. The monoisotopic (exact) mass is 461 g/mol. The van der Waals surface area contributed by atoms with Gasteiger partial charge in [0.05, 0.1) is 22.8 Å². The van der Waals surface area contributed by atoms with E-state index in [2.05, 4.69) is 98.0 Å². The van der Waals surface area contributed by atoms with Gasteiger partial charge in [0.1, 0.15) is 11.2 Å². The molecule has 1 fully saturated rings. The van der Waals surface area contributed by atoms with Gasteiger partial charge in [0.15, 0.2) is 5.82 Å². The first-order valence-corrected chi connectivity index (χ1v) is 12.2. The number of para-hydroxylation sites is 1. The van der Waals surface area contributed by atoms with Gasteiger partial charge in [-0.2, -0.15) is 5.10 Å². The standard InChI is InChI=1S/C28H27N7/c1-34-12-14-35(15-13-34)25-6-2-5-23-27(25)31-28(30-23)26-21-9-7-19(17-24(21)32-33-26)18-8-10-22-20(16-18)4-3-11-29-22/h2-11,16-17,22,29H,12-15H2,1H3,(H,30,31)(H,32,33). The predicted octanol–water partition coefficient (Wildman–Crippen LogP) is 4.22. The fourth-order valence-electron chi connectivity index (χ4n) is 5.24. The Kier molecular flexibility index (Phi) is 4.63. The van der Waals surface area contributed by atoms with E-state index in [4.69, 9.17) is 4.98 Å². The van der Waals surface area contributed by atoms with Gasteiger partial charge in [-0.15, -0.1) is 0 Å². The first-order chi connectivity index (χ1) is 17.2. The second-order valence-electron chi connectivity index (χ2n) is 9.51. The fourth-order valence-corrected chi connectivity index (χ4v) is 5.24. The van der Waals surface area contributed by atoms with Gasteiger partial charge in [-0.25, -0.2) is 4.98 Å². The zero-order valence-corrected chi connectivity index (χ0v) is 19.6. The number of aromatic amines is 2. The van der Waals surface area contributed by atoms with Crippen LogP contribution in [0.15, 0.2) is 78.6 Å². The van der Waals surface area contributed by atoms with Crippen LogP contribution in [0.2, 0.25) is 0 Å². The van der Waals surface area contributed by atoms with Crippen LogP contribution < -0.4 is 10.2 Å². The molecule has 35 heavy (non-hydrogen) atoms. The molecule has 7 nitrogen and oxygen atoms in total. The van der Waals surface area contributed by atoms with Crippen LogP contribution in [-0.2, 0) is 0 Å². The molecule has 1 aliphatic carbocycles. The molecule has 4 aromatic rings. The van der Waals surface area contributed by atoms with Crippen LogP contribution >= 0.6 is 0 Å². The van der Waals surface area contributed by atoms with E-state index in [9.17, 15) is 0 Å². The van der Waals surface area contributed by atoms with Gasteiger partial charge in [-0.3, -0.25) is 5.10 Å². The van der Waals surface area contributed by atoms with E-state index in [0.717, 1.165) is 59.6 Å². The average Bonchev–Trinajstić information content (AvgIpc) is 3.52. The summed E-state index contributed by atoms with van der Waals surface area (Å²) in [7, 11) is 2.18. The van der Waals surface area contributed by atoms with Crippen LogP contribution in [0.1, 0.15) is 5.56 Å². The number of imidazole rings is 1. The quantitative estimate of drug-likeness (QED) is 0.426. The molecule has 7 rings (SSSR count). The molecule has 0 bridgehead atoms. The highest BCUT2D eigenvalue weighted by atomic mass is 15.3. The predicted molar refractivity (Wildman–Crippen MR) is 142 cm³/mol. The molecular weight excluding hydrogens is 434 g/mol. The highest BCUT2D eigenvalue weighted by molar-refractivity contribution is 5.97. The highest BCUT2D eigenvalue weighted by Crippen LogP contribution is 2.33. The molecule has 0 radical (unpaired) electrons. The maximum absolute atomic E-state index is 5.02. The van der Waals surface area contributed by atoms with Crippen molar-refractivity contribution in [2.75, 3.05) is 38.1 Å². The molecule has 7 heteroatoms. The molecule has 4 heterocycles. The van der Waals surface area contributed by atoms with Gasteiger partial charge in [0.25, 0.3) is 0 Å². The number of allylic oxidation sites excluding steroid dienone is 4. The van der Waals surface area contributed by atoms with Gasteiger partial charge >= 0.3 is 0 Å². The molecular formula is C28H27N7. The summed E-state index contributed by atoms with van der Waals surface area (Å²) in [6.07, 6.45) is 12.8. The van der Waals surface area contributed by atoms with E-state index in [1.807, 2.05) is 12.3 Å². The Balaban J connectivity index is 1.24. The van der Waals surface area contributed by atoms with Crippen molar-refractivity contribution in [3.63, 3.8) is 0 Å². The molecule has 174 valence electrons. The lowest BCUT2D eigenvalue weighted by atomic mass is 9.91. The number of fused-ring (bicyclic) bond motifs is 3. The van der Waals surface area contributed by atoms with Crippen LogP contribution in [-0.4, -0.2) is 64.3 Å². The van der Waals surface area contributed by atoms with Crippen molar-refractivity contribution in [3.05, 3.63) is 84.1 Å². The van der Waals surface area contributed by atoms with E-state index in [1.54, 1.807) is 0 Å². The summed E-state index contributed by atoms with van der Waals surface area (Å²) in [5.41, 5.74) is 8.73. The topological polar surface area (TPSA) is 75.9 Å². The highest BCUT2D eigenvalue weighted by Gasteiger charge is 2.20. The number of dihydropyridines is 1. The third-order valence-corrected chi connectivity index (χ3v) is 7.27. The number of rotatable bonds is 3. The zero-order valence-electron chi connectivity index (χ0n) is 19.6. The van der Waals surface area contributed by atoms with Gasteiger partial charge < -0.3 is 20.1 Å². The van der Waals surface area contributed by atoms with Crippen molar-refractivity contribution < 1.29 is 0 Å². The van der Waals surface area contributed by atoms with E-state index in [-0.39, 0.29) is 6.04 Å². The van der Waals surface area contributed by atoms with Crippen molar-refractivity contribution in [1.29, 1.82) is 0 Å². The lowest BCUT2D eigenvalue weighted by Gasteiger charge is -2.34. The Morgan fingerprint density at radius 3 is 2.86 bits per heavy atom. The van der Waals surface area contributed by atoms with E-state index < -0.39 is 0 Å². The van der Waals surface area contributed by atoms with E-state index >= 15 is 0 Å². The summed E-state index contributed by atoms with van der Waals surface area (Å²) in [6.45, 7) is 4.16. The number of benzene rings is 2. The van der Waals surface area contributed by atoms with Crippen molar-refractivity contribution in [1.82, 2.24) is 30.4 Å².